The van der Waals surface area contributed by atoms with Crippen LogP contribution >= 0.6 is 0 Å². The smallest absolute Gasteiger partial charge is 0.429 e. The van der Waals surface area contributed by atoms with Crippen molar-refractivity contribution in [3.8, 4) is 16.9 Å². The molecule has 1 nitrogen and oxygen atoms in total. The number of fused-ring (bicyclic) bond motifs is 1. The number of aryl methyl sites for hydroxylation is 1. The summed E-state index contributed by atoms with van der Waals surface area (Å²) in [7, 11) is 0. The molecule has 0 aliphatic rings. The van der Waals surface area contributed by atoms with Gasteiger partial charge < -0.3 is 4.74 Å². The predicted molar refractivity (Wildman–Crippen MR) is 119 cm³/mol. The molecular formula is C27H16F10O. The SMILES string of the molecule is CCCc1ccc(-c2cc3ccc(C(F)(F)Oc4cc(F)c(C(F)(F)F)c(F)c4)c(F)c3c(F)c2F)cc1. The minimum absolute atomic E-state index is 0.156. The topological polar surface area (TPSA) is 9.23 Å². The second-order valence-corrected chi connectivity index (χ2v) is 8.40. The van der Waals surface area contributed by atoms with Gasteiger partial charge in [0.15, 0.2) is 11.6 Å². The van der Waals surface area contributed by atoms with Gasteiger partial charge >= 0.3 is 12.3 Å². The molecule has 0 saturated carbocycles. The maximum Gasteiger partial charge on any atom is 0.429 e. The van der Waals surface area contributed by atoms with Crippen molar-refractivity contribution in [3.05, 3.63) is 100 Å². The fourth-order valence-corrected chi connectivity index (χ4v) is 4.04. The molecule has 0 aliphatic carbocycles. The number of hydrogen-bond acceptors (Lipinski definition) is 1. The first-order valence-corrected chi connectivity index (χ1v) is 11.1. The summed E-state index contributed by atoms with van der Waals surface area (Å²) in [5.41, 5.74) is -3.01. The fourth-order valence-electron chi connectivity index (χ4n) is 4.04. The molecular weight excluding hydrogens is 530 g/mol. The third-order valence-electron chi connectivity index (χ3n) is 5.78. The van der Waals surface area contributed by atoms with E-state index in [0.29, 0.717) is 6.07 Å². The highest BCUT2D eigenvalue weighted by Crippen LogP contribution is 2.41. The maximum atomic E-state index is 15.1. The Morgan fingerprint density at radius 2 is 1.32 bits per heavy atom. The van der Waals surface area contributed by atoms with Gasteiger partial charge in [-0.15, -0.1) is 0 Å². The Morgan fingerprint density at radius 3 is 1.87 bits per heavy atom. The van der Waals surface area contributed by atoms with E-state index in [4.69, 9.17) is 0 Å². The van der Waals surface area contributed by atoms with Crippen LogP contribution in [-0.2, 0) is 18.7 Å². The van der Waals surface area contributed by atoms with Crippen molar-refractivity contribution >= 4 is 10.8 Å². The minimum atomic E-state index is -5.46. The minimum Gasteiger partial charge on any atom is -0.429 e. The van der Waals surface area contributed by atoms with Crippen LogP contribution in [0.25, 0.3) is 21.9 Å². The van der Waals surface area contributed by atoms with Gasteiger partial charge in [0.1, 0.15) is 34.3 Å². The maximum absolute atomic E-state index is 15.1. The van der Waals surface area contributed by atoms with Crippen molar-refractivity contribution in [2.75, 3.05) is 0 Å². The van der Waals surface area contributed by atoms with Gasteiger partial charge in [0.05, 0.1) is 5.39 Å². The lowest BCUT2D eigenvalue weighted by molar-refractivity contribution is -0.187. The first-order chi connectivity index (χ1) is 17.7. The van der Waals surface area contributed by atoms with Gasteiger partial charge in [-0.05, 0) is 35.1 Å². The molecule has 0 heterocycles. The van der Waals surface area contributed by atoms with Gasteiger partial charge in [-0.25, -0.2) is 22.0 Å². The van der Waals surface area contributed by atoms with Crippen LogP contribution < -0.4 is 4.74 Å². The van der Waals surface area contributed by atoms with Gasteiger partial charge in [0.25, 0.3) is 0 Å². The summed E-state index contributed by atoms with van der Waals surface area (Å²) in [5, 5.41) is -1.42. The lowest BCUT2D eigenvalue weighted by Gasteiger charge is -2.21. The zero-order chi connectivity index (χ0) is 28.0. The lowest BCUT2D eigenvalue weighted by atomic mass is 9.96. The van der Waals surface area contributed by atoms with Crippen LogP contribution in [0, 0.1) is 29.1 Å². The van der Waals surface area contributed by atoms with Crippen LogP contribution in [-0.4, -0.2) is 0 Å². The highest BCUT2D eigenvalue weighted by atomic mass is 19.4. The number of halogens is 10. The summed E-state index contributed by atoms with van der Waals surface area (Å²) >= 11 is 0. The Balaban J connectivity index is 1.75. The average Bonchev–Trinajstić information content (AvgIpc) is 2.80. The van der Waals surface area contributed by atoms with Gasteiger partial charge in [-0.2, -0.15) is 22.0 Å². The van der Waals surface area contributed by atoms with Crippen LogP contribution in [0.1, 0.15) is 30.0 Å². The number of rotatable bonds is 6. The summed E-state index contributed by atoms with van der Waals surface area (Å²) in [6.45, 7) is 1.96. The van der Waals surface area contributed by atoms with Crippen LogP contribution in [0.3, 0.4) is 0 Å². The number of hydrogen-bond donors (Lipinski definition) is 0. The molecule has 4 aromatic carbocycles. The number of alkyl halides is 5. The normalized spacial score (nSPS) is 12.3. The van der Waals surface area contributed by atoms with Crippen LogP contribution in [0.15, 0.2) is 54.6 Å². The van der Waals surface area contributed by atoms with E-state index in [1.807, 2.05) is 6.92 Å². The second kappa shape index (κ2) is 9.85. The number of benzene rings is 4. The zero-order valence-electron chi connectivity index (χ0n) is 19.3. The summed E-state index contributed by atoms with van der Waals surface area (Å²) in [6, 6.07) is 8.57. The molecule has 0 fully saturated rings. The van der Waals surface area contributed by atoms with Crippen LogP contribution in [0.4, 0.5) is 43.9 Å². The van der Waals surface area contributed by atoms with E-state index in [2.05, 4.69) is 4.74 Å². The van der Waals surface area contributed by atoms with Crippen molar-refractivity contribution in [2.24, 2.45) is 0 Å². The van der Waals surface area contributed by atoms with Crippen molar-refractivity contribution in [1.29, 1.82) is 0 Å². The van der Waals surface area contributed by atoms with E-state index in [1.54, 1.807) is 12.1 Å². The first-order valence-electron chi connectivity index (χ1n) is 11.1. The molecule has 0 amide bonds. The number of ether oxygens (including phenoxy) is 1. The third-order valence-corrected chi connectivity index (χ3v) is 5.78. The summed E-state index contributed by atoms with van der Waals surface area (Å²) in [6.07, 6.45) is -8.59. The fraction of sp³-hybridized carbons (Fsp3) is 0.185. The van der Waals surface area contributed by atoms with Crippen molar-refractivity contribution in [2.45, 2.75) is 32.1 Å². The van der Waals surface area contributed by atoms with Gasteiger partial charge in [-0.1, -0.05) is 43.7 Å². The van der Waals surface area contributed by atoms with E-state index >= 15 is 4.39 Å². The van der Waals surface area contributed by atoms with E-state index in [-0.39, 0.29) is 28.6 Å². The van der Waals surface area contributed by atoms with Gasteiger partial charge in [-0.3, -0.25) is 0 Å². The molecule has 4 rings (SSSR count). The molecule has 0 aromatic heterocycles. The molecule has 0 spiro atoms. The summed E-state index contributed by atoms with van der Waals surface area (Å²) in [4.78, 5) is 0. The molecule has 4 aromatic rings. The monoisotopic (exact) mass is 546 g/mol. The molecule has 0 bridgehead atoms. The highest BCUT2D eigenvalue weighted by molar-refractivity contribution is 5.89. The van der Waals surface area contributed by atoms with Gasteiger partial charge in [0, 0.05) is 17.7 Å². The second-order valence-electron chi connectivity index (χ2n) is 8.40. The quantitative estimate of drug-likeness (QED) is 0.219. The van der Waals surface area contributed by atoms with E-state index in [9.17, 15) is 39.5 Å². The Hall–Kier alpha value is -3.76. The molecule has 0 atom stereocenters. The van der Waals surface area contributed by atoms with E-state index < -0.39 is 63.6 Å². The molecule has 0 radical (unpaired) electrons. The molecule has 0 unspecified atom stereocenters. The van der Waals surface area contributed by atoms with E-state index in [0.717, 1.165) is 30.5 Å². The molecule has 11 heteroatoms. The third kappa shape index (κ3) is 5.01. The lowest BCUT2D eigenvalue weighted by Crippen LogP contribution is -2.24. The Kier molecular flexibility index (Phi) is 7.07. The van der Waals surface area contributed by atoms with Crippen molar-refractivity contribution < 1.29 is 48.6 Å². The Bertz CT molecular complexity index is 1480. The van der Waals surface area contributed by atoms with E-state index in [1.165, 1.54) is 12.1 Å². The standard InChI is InChI=1S/C27H16F10O/c1-2-3-13-4-6-14(7-5-13)17-10-15-8-9-18(24(31)21(15)25(32)23(17)30)27(36,37)38-16-11-19(28)22(20(29)12-16)26(33,34)35/h4-12H,2-3H2,1H3. The van der Waals surface area contributed by atoms with Crippen LogP contribution in [0.2, 0.25) is 0 Å². The van der Waals surface area contributed by atoms with Gasteiger partial charge in [0.2, 0.25) is 0 Å². The largest absolute Gasteiger partial charge is 0.429 e. The average molecular weight is 546 g/mol. The Labute approximate surface area is 209 Å². The van der Waals surface area contributed by atoms with Crippen LogP contribution in [0.5, 0.6) is 5.75 Å². The molecule has 38 heavy (non-hydrogen) atoms. The zero-order valence-corrected chi connectivity index (χ0v) is 19.3. The molecule has 0 saturated heterocycles. The predicted octanol–water partition coefficient (Wildman–Crippen LogP) is 9.30. The Morgan fingerprint density at radius 1 is 0.711 bits per heavy atom. The molecule has 0 N–H and O–H groups in total. The molecule has 0 aliphatic heterocycles. The first kappa shape index (κ1) is 27.3. The summed E-state index contributed by atoms with van der Waals surface area (Å²) < 4.78 is 144. The summed E-state index contributed by atoms with van der Waals surface area (Å²) in [5.74, 6) is -11.1. The molecule has 200 valence electrons. The highest BCUT2D eigenvalue weighted by Gasteiger charge is 2.41. The van der Waals surface area contributed by atoms with Crippen molar-refractivity contribution in [3.63, 3.8) is 0 Å². The van der Waals surface area contributed by atoms with Crippen molar-refractivity contribution in [1.82, 2.24) is 0 Å².